The zero-order chi connectivity index (χ0) is 17.4. The molecule has 0 N–H and O–H groups in total. The van der Waals surface area contributed by atoms with E-state index >= 15 is 0 Å². The summed E-state index contributed by atoms with van der Waals surface area (Å²) in [7, 11) is 0. The molecule has 1 atom stereocenters. The molecule has 130 valence electrons. The molecule has 1 aliphatic rings. The third kappa shape index (κ3) is 3.02. The Morgan fingerprint density at radius 1 is 1.28 bits per heavy atom. The summed E-state index contributed by atoms with van der Waals surface area (Å²) < 4.78 is 17.7. The highest BCUT2D eigenvalue weighted by Gasteiger charge is 2.28. The van der Waals surface area contributed by atoms with E-state index in [1.807, 2.05) is 11.6 Å². The number of nitrogens with zero attached hydrogens (tertiary/aromatic N) is 7. The first-order valence-corrected chi connectivity index (χ1v) is 8.61. The van der Waals surface area contributed by atoms with Gasteiger partial charge in [0.25, 0.3) is 0 Å². The highest BCUT2D eigenvalue weighted by molar-refractivity contribution is 6.31. The summed E-state index contributed by atoms with van der Waals surface area (Å²) >= 11 is 6.18. The van der Waals surface area contributed by atoms with Crippen LogP contribution in [0, 0.1) is 12.7 Å². The maximum absolute atomic E-state index is 14.2. The van der Waals surface area contributed by atoms with Crippen LogP contribution < -0.4 is 0 Å². The van der Waals surface area contributed by atoms with Gasteiger partial charge >= 0.3 is 0 Å². The van der Waals surface area contributed by atoms with Crippen LogP contribution in [0.2, 0.25) is 5.02 Å². The van der Waals surface area contributed by atoms with Crippen molar-refractivity contribution in [2.24, 2.45) is 0 Å². The van der Waals surface area contributed by atoms with Crippen molar-refractivity contribution < 1.29 is 4.39 Å². The van der Waals surface area contributed by atoms with Gasteiger partial charge in [-0.25, -0.2) is 18.7 Å². The lowest BCUT2D eigenvalue weighted by atomic mass is 10.0. The molecule has 0 aliphatic carbocycles. The number of hydrogen-bond acceptors (Lipinski definition) is 5. The van der Waals surface area contributed by atoms with Gasteiger partial charge in [0.1, 0.15) is 17.5 Å². The van der Waals surface area contributed by atoms with Crippen molar-refractivity contribution in [3.63, 3.8) is 0 Å². The Labute approximate surface area is 148 Å². The molecule has 0 amide bonds. The first-order chi connectivity index (χ1) is 12.1. The minimum atomic E-state index is -0.350. The molecule has 9 heteroatoms. The van der Waals surface area contributed by atoms with Crippen molar-refractivity contribution in [1.29, 1.82) is 0 Å². The fourth-order valence-corrected chi connectivity index (χ4v) is 3.51. The third-order valence-corrected chi connectivity index (χ3v) is 4.83. The van der Waals surface area contributed by atoms with E-state index in [0.29, 0.717) is 16.4 Å². The van der Waals surface area contributed by atoms with Gasteiger partial charge in [-0.2, -0.15) is 5.10 Å². The molecule has 0 radical (unpaired) electrons. The largest absolute Gasteiger partial charge is 0.244 e. The van der Waals surface area contributed by atoms with Gasteiger partial charge in [-0.3, -0.25) is 0 Å². The predicted molar refractivity (Wildman–Crippen MR) is 88.8 cm³/mol. The molecule has 1 aromatic carbocycles. The summed E-state index contributed by atoms with van der Waals surface area (Å²) in [5.41, 5.74) is 0.406. The summed E-state index contributed by atoms with van der Waals surface area (Å²) in [5.74, 6) is 1.74. The molecule has 25 heavy (non-hydrogen) atoms. The van der Waals surface area contributed by atoms with Crippen LogP contribution >= 0.6 is 11.6 Å². The Hall–Kier alpha value is -2.35. The first-order valence-electron chi connectivity index (χ1n) is 8.24. The summed E-state index contributed by atoms with van der Waals surface area (Å²) in [6.07, 6.45) is 2.92. The van der Waals surface area contributed by atoms with Gasteiger partial charge < -0.3 is 0 Å². The number of benzene rings is 1. The van der Waals surface area contributed by atoms with Crippen LogP contribution in [-0.4, -0.2) is 35.0 Å². The number of rotatable bonds is 3. The van der Waals surface area contributed by atoms with Gasteiger partial charge in [0.2, 0.25) is 0 Å². The molecule has 4 rings (SSSR count). The molecule has 0 fully saturated rings. The van der Waals surface area contributed by atoms with E-state index in [1.165, 1.54) is 6.07 Å². The summed E-state index contributed by atoms with van der Waals surface area (Å²) in [5, 5.41) is 16.9. The van der Waals surface area contributed by atoms with Crippen molar-refractivity contribution in [2.75, 3.05) is 0 Å². The second-order valence-corrected chi connectivity index (χ2v) is 6.59. The molecule has 2 aromatic heterocycles. The zero-order valence-electron chi connectivity index (χ0n) is 13.7. The molecule has 1 unspecified atom stereocenters. The quantitative estimate of drug-likeness (QED) is 0.717. The van der Waals surface area contributed by atoms with Crippen molar-refractivity contribution in [1.82, 2.24) is 35.0 Å². The highest BCUT2D eigenvalue weighted by atomic mass is 35.5. The van der Waals surface area contributed by atoms with Crippen LogP contribution in [0.4, 0.5) is 4.39 Å². The lowest BCUT2D eigenvalue weighted by Crippen LogP contribution is -2.16. The van der Waals surface area contributed by atoms with Crippen LogP contribution in [0.25, 0.3) is 0 Å². The fraction of sp³-hybridized carbons (Fsp3) is 0.438. The number of halogens is 2. The Morgan fingerprint density at radius 2 is 2.16 bits per heavy atom. The monoisotopic (exact) mass is 361 g/mol. The van der Waals surface area contributed by atoms with E-state index in [0.717, 1.165) is 37.5 Å². The van der Waals surface area contributed by atoms with E-state index in [4.69, 9.17) is 11.6 Å². The van der Waals surface area contributed by atoms with Gasteiger partial charge in [0, 0.05) is 17.1 Å². The van der Waals surface area contributed by atoms with Crippen molar-refractivity contribution in [3.8, 4) is 0 Å². The zero-order valence-corrected chi connectivity index (χ0v) is 14.5. The Kier molecular flexibility index (Phi) is 4.20. The van der Waals surface area contributed by atoms with E-state index in [2.05, 4.69) is 25.6 Å². The van der Waals surface area contributed by atoms with Crippen LogP contribution in [0.15, 0.2) is 18.2 Å². The molecule has 3 aromatic rings. The Bertz CT molecular complexity index is 884. The number of aromatic nitrogens is 7. The van der Waals surface area contributed by atoms with Crippen molar-refractivity contribution >= 4 is 11.6 Å². The third-order valence-electron chi connectivity index (χ3n) is 4.47. The summed E-state index contributed by atoms with van der Waals surface area (Å²) in [6, 6.07) is 4.67. The van der Waals surface area contributed by atoms with Gasteiger partial charge in [-0.15, -0.1) is 5.10 Å². The predicted octanol–water partition coefficient (Wildman–Crippen LogP) is 2.73. The normalized spacial score (nSPS) is 17.3. The summed E-state index contributed by atoms with van der Waals surface area (Å²) in [4.78, 5) is 4.59. The summed E-state index contributed by atoms with van der Waals surface area (Å²) in [6.45, 7) is 2.84. The maximum Gasteiger partial charge on any atom is 0.161 e. The lowest BCUT2D eigenvalue weighted by molar-refractivity contribution is 0.538. The lowest BCUT2D eigenvalue weighted by Gasteiger charge is -2.14. The fourth-order valence-electron chi connectivity index (χ4n) is 3.28. The van der Waals surface area contributed by atoms with E-state index in [-0.39, 0.29) is 18.3 Å². The SMILES string of the molecule is Cc1nc(C2CCCCn3nnnc32)n(Cc2c(F)cccc2Cl)n1. The van der Waals surface area contributed by atoms with Gasteiger partial charge in [-0.1, -0.05) is 24.1 Å². The second-order valence-electron chi connectivity index (χ2n) is 6.18. The molecule has 0 bridgehead atoms. The number of hydrogen-bond donors (Lipinski definition) is 0. The van der Waals surface area contributed by atoms with E-state index in [1.54, 1.807) is 16.8 Å². The average molecular weight is 362 g/mol. The standard InChI is InChI=1S/C16H17ClFN7/c1-10-19-15(11-5-2-3-8-24-16(11)20-22-23-24)25(21-10)9-12-13(17)6-4-7-14(12)18/h4,6-7,11H,2-3,5,8-9H2,1H3. The topological polar surface area (TPSA) is 74.3 Å². The van der Waals surface area contributed by atoms with E-state index < -0.39 is 0 Å². The minimum Gasteiger partial charge on any atom is -0.244 e. The number of tetrazole rings is 1. The maximum atomic E-state index is 14.2. The molecule has 7 nitrogen and oxygen atoms in total. The highest BCUT2D eigenvalue weighted by Crippen LogP contribution is 2.30. The first kappa shape index (κ1) is 16.1. The van der Waals surface area contributed by atoms with Crippen LogP contribution in [0.1, 0.15) is 48.2 Å². The Balaban J connectivity index is 1.75. The molecular weight excluding hydrogens is 345 g/mol. The minimum absolute atomic E-state index is 0.0655. The van der Waals surface area contributed by atoms with Crippen molar-refractivity contribution in [2.45, 2.75) is 45.2 Å². The Morgan fingerprint density at radius 3 is 3.00 bits per heavy atom. The molecule has 0 spiro atoms. The number of fused-ring (bicyclic) bond motifs is 1. The van der Waals surface area contributed by atoms with Gasteiger partial charge in [0.15, 0.2) is 5.82 Å². The molecule has 1 aliphatic heterocycles. The van der Waals surface area contributed by atoms with Gasteiger partial charge in [-0.05, 0) is 42.3 Å². The van der Waals surface area contributed by atoms with E-state index in [9.17, 15) is 4.39 Å². The second kappa shape index (κ2) is 6.51. The molecule has 0 saturated carbocycles. The van der Waals surface area contributed by atoms with Crippen LogP contribution in [0.5, 0.6) is 0 Å². The van der Waals surface area contributed by atoms with Crippen LogP contribution in [-0.2, 0) is 13.1 Å². The smallest absolute Gasteiger partial charge is 0.161 e. The molecule has 3 heterocycles. The van der Waals surface area contributed by atoms with Crippen LogP contribution in [0.3, 0.4) is 0 Å². The molecule has 0 saturated heterocycles. The average Bonchev–Trinajstić information content (AvgIpc) is 3.13. The molecular formula is C16H17ClFN7. The number of aryl methyl sites for hydroxylation is 2. The van der Waals surface area contributed by atoms with Gasteiger partial charge in [0.05, 0.1) is 12.5 Å². The van der Waals surface area contributed by atoms with Crippen molar-refractivity contribution in [3.05, 3.63) is 52.1 Å².